The molecule has 0 aliphatic carbocycles. The van der Waals surface area contributed by atoms with Gasteiger partial charge >= 0.3 is 0 Å². The van der Waals surface area contributed by atoms with Gasteiger partial charge in [0, 0.05) is 0 Å². The lowest BCUT2D eigenvalue weighted by Gasteiger charge is -2.23. The molecule has 1 nitrogen and oxygen atoms in total. The fourth-order valence-electron chi connectivity index (χ4n) is 1.09. The number of rotatable bonds is 4. The molecule has 0 rings (SSSR count). The summed E-state index contributed by atoms with van der Waals surface area (Å²) in [6, 6.07) is 0. The van der Waals surface area contributed by atoms with Crippen molar-refractivity contribution in [2.75, 3.05) is 0 Å². The van der Waals surface area contributed by atoms with Crippen LogP contribution >= 0.6 is 19.4 Å². The van der Waals surface area contributed by atoms with Crippen molar-refractivity contribution in [3.8, 4) is 0 Å². The first-order chi connectivity index (χ1) is 4.59. The summed E-state index contributed by atoms with van der Waals surface area (Å²) in [4.78, 5) is 0. The molecule has 10 heavy (non-hydrogen) atoms. The van der Waals surface area contributed by atoms with Crippen molar-refractivity contribution >= 4 is 19.4 Å². The second kappa shape index (κ2) is 5.35. The molecule has 0 aromatic rings. The van der Waals surface area contributed by atoms with Gasteiger partial charge in [-0.05, 0) is 11.8 Å². The van der Waals surface area contributed by atoms with Gasteiger partial charge in [-0.2, -0.15) is 0 Å². The molecule has 1 unspecified atom stereocenters. The van der Waals surface area contributed by atoms with Gasteiger partial charge in [-0.15, -0.1) is 0 Å². The first-order valence-electron chi connectivity index (χ1n) is 3.60. The molecule has 0 spiro atoms. The average Bonchev–Trinajstić information content (AvgIpc) is 1.81. The van der Waals surface area contributed by atoms with Gasteiger partial charge in [0.15, 0.2) is 0 Å². The summed E-state index contributed by atoms with van der Waals surface area (Å²) in [6.45, 7) is 8.62. The molecular weight excluding hydrogens is 167 g/mol. The smallest absolute Gasteiger partial charge is 0.110 e. The van der Waals surface area contributed by atoms with E-state index in [4.69, 9.17) is 15.8 Å². The van der Waals surface area contributed by atoms with Gasteiger partial charge in [0.25, 0.3) is 0 Å². The summed E-state index contributed by atoms with van der Waals surface area (Å²) in [7, 11) is 0.0959. The van der Waals surface area contributed by atoms with Crippen molar-refractivity contribution in [3.05, 3.63) is 0 Å². The topological polar surface area (TPSA) is 9.23 Å². The Balaban J connectivity index is 3.73. The normalized spacial score (nSPS) is 13.2. The highest BCUT2D eigenvalue weighted by atomic mass is 35.7. The molecule has 1 atom stereocenters. The summed E-state index contributed by atoms with van der Waals surface area (Å²) in [5.74, 6) is 1.12. The van der Waals surface area contributed by atoms with Gasteiger partial charge < -0.3 is 4.52 Å². The van der Waals surface area contributed by atoms with Crippen molar-refractivity contribution in [2.24, 2.45) is 11.8 Å². The van der Waals surface area contributed by atoms with E-state index in [0.717, 1.165) is 0 Å². The van der Waals surface area contributed by atoms with Crippen LogP contribution in [0.3, 0.4) is 0 Å². The van der Waals surface area contributed by atoms with Crippen molar-refractivity contribution in [2.45, 2.75) is 33.8 Å². The summed E-state index contributed by atoms with van der Waals surface area (Å²) in [6.07, 6.45) is 0.316. The Labute approximate surface area is 70.1 Å². The van der Waals surface area contributed by atoms with Crippen LogP contribution in [0.15, 0.2) is 0 Å². The molecule has 0 saturated carbocycles. The highest BCUT2D eigenvalue weighted by molar-refractivity contribution is 7.64. The maximum absolute atomic E-state index is 5.49. The predicted octanol–water partition coefficient (Wildman–Crippen LogP) is 3.43. The van der Waals surface area contributed by atoms with E-state index in [1.54, 1.807) is 0 Å². The van der Waals surface area contributed by atoms with Crippen molar-refractivity contribution in [1.82, 2.24) is 0 Å². The van der Waals surface area contributed by atoms with E-state index in [9.17, 15) is 0 Å². The fraction of sp³-hybridized carbons (Fsp3) is 1.00. The quantitative estimate of drug-likeness (QED) is 0.606. The Hall–Kier alpha value is 0.680. The van der Waals surface area contributed by atoms with Gasteiger partial charge in [0.05, 0.1) is 6.10 Å². The second-order valence-electron chi connectivity index (χ2n) is 3.15. The lowest BCUT2D eigenvalue weighted by atomic mass is 9.97. The van der Waals surface area contributed by atoms with Gasteiger partial charge in [-0.3, -0.25) is 0 Å². The van der Waals surface area contributed by atoms with Crippen LogP contribution in [0.1, 0.15) is 27.7 Å². The maximum atomic E-state index is 5.49. The monoisotopic (exact) mass is 182 g/mol. The first kappa shape index (κ1) is 10.7. The van der Waals surface area contributed by atoms with E-state index >= 15 is 0 Å². The molecule has 3 heteroatoms. The maximum Gasteiger partial charge on any atom is 0.110 e. The zero-order valence-electron chi connectivity index (χ0n) is 7.02. The van der Waals surface area contributed by atoms with Gasteiger partial charge in [0.2, 0.25) is 0 Å². The number of hydrogen-bond donors (Lipinski definition) is 0. The summed E-state index contributed by atoms with van der Waals surface area (Å²) in [5.41, 5.74) is 0. The molecule has 0 aliphatic heterocycles. The van der Waals surface area contributed by atoms with Crippen LogP contribution in [0.25, 0.3) is 0 Å². The SMILES string of the molecule is CC(C)C(OPCl)C(C)C. The van der Waals surface area contributed by atoms with Crippen molar-refractivity contribution in [1.29, 1.82) is 0 Å². The minimum atomic E-state index is 0.0959. The molecule has 0 aromatic heterocycles. The minimum absolute atomic E-state index is 0.0959. The zero-order valence-corrected chi connectivity index (χ0v) is 8.77. The summed E-state index contributed by atoms with van der Waals surface area (Å²) < 4.78 is 5.36. The average molecular weight is 183 g/mol. The number of hydrogen-bond acceptors (Lipinski definition) is 1. The molecule has 62 valence electrons. The standard InChI is InChI=1S/C7H16ClOP/c1-5(2)7(6(3)4)9-10-8/h5-7,10H,1-4H3. The van der Waals surface area contributed by atoms with Crippen LogP contribution in [0.2, 0.25) is 0 Å². The van der Waals surface area contributed by atoms with Crippen molar-refractivity contribution in [3.63, 3.8) is 0 Å². The van der Waals surface area contributed by atoms with Crippen molar-refractivity contribution < 1.29 is 4.52 Å². The third-order valence-electron chi connectivity index (χ3n) is 1.49. The Morgan fingerprint density at radius 3 is 1.60 bits per heavy atom. The largest absolute Gasteiger partial charge is 0.342 e. The van der Waals surface area contributed by atoms with Gasteiger partial charge in [-0.25, -0.2) is 0 Å². The Morgan fingerprint density at radius 2 is 1.50 bits per heavy atom. The highest BCUT2D eigenvalue weighted by Gasteiger charge is 2.17. The lowest BCUT2D eigenvalue weighted by molar-refractivity contribution is 0.128. The van der Waals surface area contributed by atoms with Crippen LogP contribution in [0.5, 0.6) is 0 Å². The van der Waals surface area contributed by atoms with E-state index < -0.39 is 0 Å². The van der Waals surface area contributed by atoms with Crippen LogP contribution < -0.4 is 0 Å². The Morgan fingerprint density at radius 1 is 1.10 bits per heavy atom. The molecule has 0 heterocycles. The van der Waals surface area contributed by atoms with E-state index in [0.29, 0.717) is 17.9 Å². The van der Waals surface area contributed by atoms with E-state index in [2.05, 4.69) is 27.7 Å². The first-order valence-corrected chi connectivity index (χ1v) is 5.52. The summed E-state index contributed by atoms with van der Waals surface area (Å²) >= 11 is 5.49. The number of halogens is 1. The molecule has 0 aromatic carbocycles. The van der Waals surface area contributed by atoms with Crippen LogP contribution in [-0.2, 0) is 4.52 Å². The summed E-state index contributed by atoms with van der Waals surface area (Å²) in [5, 5.41) is 0. The Bertz CT molecular complexity index is 77.7. The van der Waals surface area contributed by atoms with Crippen LogP contribution in [0, 0.1) is 11.8 Å². The fourth-order valence-corrected chi connectivity index (χ4v) is 2.05. The zero-order chi connectivity index (χ0) is 8.15. The van der Waals surface area contributed by atoms with E-state index in [1.807, 2.05) is 0 Å². The predicted molar refractivity (Wildman–Crippen MR) is 48.7 cm³/mol. The molecule has 0 aliphatic rings. The lowest BCUT2D eigenvalue weighted by Crippen LogP contribution is -2.22. The van der Waals surface area contributed by atoms with Crippen LogP contribution in [0.4, 0.5) is 0 Å². The Kier molecular flexibility index (Phi) is 5.71. The molecule has 0 amide bonds. The van der Waals surface area contributed by atoms with Gasteiger partial charge in [0.1, 0.15) is 8.16 Å². The molecule has 0 bridgehead atoms. The third-order valence-corrected chi connectivity index (χ3v) is 2.12. The molecular formula is C7H16ClOP. The van der Waals surface area contributed by atoms with E-state index in [1.165, 1.54) is 0 Å². The molecule has 0 fully saturated rings. The minimum Gasteiger partial charge on any atom is -0.342 e. The second-order valence-corrected chi connectivity index (χ2v) is 4.00. The van der Waals surface area contributed by atoms with Crippen LogP contribution in [-0.4, -0.2) is 6.10 Å². The van der Waals surface area contributed by atoms with E-state index in [-0.39, 0.29) is 8.16 Å². The molecule has 0 saturated heterocycles. The highest BCUT2D eigenvalue weighted by Crippen LogP contribution is 2.27. The molecule has 0 radical (unpaired) electrons. The van der Waals surface area contributed by atoms with Gasteiger partial charge in [-0.1, -0.05) is 38.9 Å². The molecule has 0 N–H and O–H groups in total. The third kappa shape index (κ3) is 3.75.